The summed E-state index contributed by atoms with van der Waals surface area (Å²) in [5.74, 6) is 0. The Morgan fingerprint density at radius 2 is 2.22 bits per heavy atom. The van der Waals surface area contributed by atoms with Crippen LogP contribution in [-0.4, -0.2) is 36.0 Å². The lowest BCUT2D eigenvalue weighted by Gasteiger charge is -2.14. The summed E-state index contributed by atoms with van der Waals surface area (Å²) >= 11 is 0. The Hall–Kier alpha value is -1.73. The molecule has 0 saturated carbocycles. The van der Waals surface area contributed by atoms with Crippen molar-refractivity contribution in [3.8, 4) is 0 Å². The molecule has 1 atom stereocenters. The Morgan fingerprint density at radius 3 is 2.72 bits per heavy atom. The van der Waals surface area contributed by atoms with Gasteiger partial charge in [0, 0.05) is 25.2 Å². The largest absolute Gasteiger partial charge is 0.328 e. The Morgan fingerprint density at radius 1 is 1.44 bits per heavy atom. The van der Waals surface area contributed by atoms with E-state index in [0.717, 1.165) is 11.9 Å². The molecule has 2 aromatic rings. The molecule has 0 aliphatic heterocycles. The van der Waals surface area contributed by atoms with Gasteiger partial charge < -0.3 is 5.73 Å². The van der Waals surface area contributed by atoms with E-state index in [4.69, 9.17) is 5.73 Å². The van der Waals surface area contributed by atoms with Crippen molar-refractivity contribution < 1.29 is 8.42 Å². The number of pyridine rings is 1. The molecule has 7 heteroatoms. The Kier molecular flexibility index (Phi) is 3.44. The Bertz CT molecular complexity index is 622. The summed E-state index contributed by atoms with van der Waals surface area (Å²) in [6.45, 7) is 0.294. The van der Waals surface area contributed by atoms with E-state index < -0.39 is 9.84 Å². The summed E-state index contributed by atoms with van der Waals surface area (Å²) in [5.41, 5.74) is 6.46. The van der Waals surface area contributed by atoms with Gasteiger partial charge in [0.15, 0.2) is 9.84 Å². The topological polar surface area (TPSA) is 90.9 Å². The number of hydrogen-bond acceptors (Lipinski definition) is 5. The van der Waals surface area contributed by atoms with Gasteiger partial charge in [-0.1, -0.05) is 6.07 Å². The molecule has 0 aliphatic carbocycles. The van der Waals surface area contributed by atoms with Gasteiger partial charge in [0.05, 0.1) is 11.9 Å². The van der Waals surface area contributed by atoms with Crippen molar-refractivity contribution in [3.63, 3.8) is 0 Å². The first-order valence-electron chi connectivity index (χ1n) is 5.37. The average Bonchev–Trinajstić information content (AvgIpc) is 2.81. The SMILES string of the molecule is CS(=O)(=O)c1cnn(C(CN)c2ccccn2)c1. The number of hydrogen-bond donors (Lipinski definition) is 1. The van der Waals surface area contributed by atoms with Crippen molar-refractivity contribution in [3.05, 3.63) is 42.5 Å². The second-order valence-corrected chi connectivity index (χ2v) is 5.95. The normalized spacial score (nSPS) is 13.4. The lowest BCUT2D eigenvalue weighted by atomic mass is 10.2. The fourth-order valence-corrected chi connectivity index (χ4v) is 2.16. The Labute approximate surface area is 105 Å². The maximum Gasteiger partial charge on any atom is 0.178 e. The molecule has 0 saturated heterocycles. The molecular weight excluding hydrogens is 252 g/mol. The molecule has 0 spiro atoms. The molecule has 0 aromatic carbocycles. The van der Waals surface area contributed by atoms with E-state index in [-0.39, 0.29) is 10.9 Å². The summed E-state index contributed by atoms with van der Waals surface area (Å²) in [4.78, 5) is 4.39. The van der Waals surface area contributed by atoms with Crippen LogP contribution in [0.1, 0.15) is 11.7 Å². The third-order valence-corrected chi connectivity index (χ3v) is 3.64. The Balaban J connectivity index is 2.38. The highest BCUT2D eigenvalue weighted by molar-refractivity contribution is 7.90. The third-order valence-electron chi connectivity index (χ3n) is 2.58. The van der Waals surface area contributed by atoms with Crippen LogP contribution in [-0.2, 0) is 9.84 Å². The first-order chi connectivity index (χ1) is 8.52. The molecule has 0 amide bonds. The van der Waals surface area contributed by atoms with Crippen molar-refractivity contribution >= 4 is 9.84 Å². The van der Waals surface area contributed by atoms with E-state index >= 15 is 0 Å². The first-order valence-corrected chi connectivity index (χ1v) is 7.26. The summed E-state index contributed by atoms with van der Waals surface area (Å²) < 4.78 is 24.3. The van der Waals surface area contributed by atoms with Crippen molar-refractivity contribution in [2.45, 2.75) is 10.9 Å². The van der Waals surface area contributed by atoms with E-state index in [1.165, 1.54) is 17.1 Å². The highest BCUT2D eigenvalue weighted by Crippen LogP contribution is 2.16. The maximum atomic E-state index is 11.4. The third kappa shape index (κ3) is 2.57. The van der Waals surface area contributed by atoms with Crippen molar-refractivity contribution in [2.75, 3.05) is 12.8 Å². The van der Waals surface area contributed by atoms with E-state index in [0.29, 0.717) is 6.54 Å². The van der Waals surface area contributed by atoms with Crippen LogP contribution in [0, 0.1) is 0 Å². The van der Waals surface area contributed by atoms with E-state index in [2.05, 4.69) is 10.1 Å². The molecule has 0 fully saturated rings. The lowest BCUT2D eigenvalue weighted by Crippen LogP contribution is -2.21. The zero-order chi connectivity index (χ0) is 13.2. The second kappa shape index (κ2) is 4.87. The molecule has 0 radical (unpaired) electrons. The smallest absolute Gasteiger partial charge is 0.178 e. The standard InChI is InChI=1S/C11H14N4O2S/c1-18(16,17)9-7-14-15(8-9)11(6-12)10-4-2-3-5-13-10/h2-5,7-8,11H,6,12H2,1H3. The summed E-state index contributed by atoms with van der Waals surface area (Å²) in [6, 6.07) is 5.23. The number of aromatic nitrogens is 3. The molecule has 2 rings (SSSR count). The quantitative estimate of drug-likeness (QED) is 0.855. The van der Waals surface area contributed by atoms with Crippen molar-refractivity contribution in [1.82, 2.24) is 14.8 Å². The molecule has 1 unspecified atom stereocenters. The zero-order valence-electron chi connectivity index (χ0n) is 9.89. The molecular formula is C11H14N4O2S. The predicted molar refractivity (Wildman–Crippen MR) is 66.8 cm³/mol. The molecule has 96 valence electrons. The van der Waals surface area contributed by atoms with Gasteiger partial charge in [-0.2, -0.15) is 5.10 Å². The van der Waals surface area contributed by atoms with Crippen molar-refractivity contribution in [2.24, 2.45) is 5.73 Å². The molecule has 2 heterocycles. The number of nitrogens with two attached hydrogens (primary N) is 1. The zero-order valence-corrected chi connectivity index (χ0v) is 10.7. The van der Waals surface area contributed by atoms with Gasteiger partial charge >= 0.3 is 0 Å². The van der Waals surface area contributed by atoms with Crippen LogP contribution in [0.25, 0.3) is 0 Å². The fourth-order valence-electron chi connectivity index (χ4n) is 1.62. The molecule has 0 aliphatic rings. The lowest BCUT2D eigenvalue weighted by molar-refractivity contribution is 0.519. The number of rotatable bonds is 4. The van der Waals surface area contributed by atoms with Gasteiger partial charge in [-0.25, -0.2) is 8.42 Å². The van der Waals surface area contributed by atoms with Crippen LogP contribution in [0.3, 0.4) is 0 Å². The van der Waals surface area contributed by atoms with Crippen LogP contribution in [0.5, 0.6) is 0 Å². The van der Waals surface area contributed by atoms with E-state index in [1.54, 1.807) is 6.20 Å². The fraction of sp³-hybridized carbons (Fsp3) is 0.273. The van der Waals surface area contributed by atoms with Gasteiger partial charge in [0.25, 0.3) is 0 Å². The van der Waals surface area contributed by atoms with Crippen LogP contribution in [0.4, 0.5) is 0 Å². The van der Waals surface area contributed by atoms with Crippen molar-refractivity contribution in [1.29, 1.82) is 0 Å². The number of sulfone groups is 1. The van der Waals surface area contributed by atoms with Gasteiger partial charge in [0.1, 0.15) is 10.9 Å². The second-order valence-electron chi connectivity index (χ2n) is 3.93. The van der Waals surface area contributed by atoms with Crippen LogP contribution >= 0.6 is 0 Å². The minimum atomic E-state index is -3.25. The number of nitrogens with zero attached hydrogens (tertiary/aromatic N) is 3. The molecule has 18 heavy (non-hydrogen) atoms. The average molecular weight is 266 g/mol. The molecule has 2 N–H and O–H groups in total. The maximum absolute atomic E-state index is 11.4. The van der Waals surface area contributed by atoms with Gasteiger partial charge in [0.2, 0.25) is 0 Å². The summed E-state index contributed by atoms with van der Waals surface area (Å²) in [5, 5.41) is 4.05. The molecule has 0 bridgehead atoms. The van der Waals surface area contributed by atoms with Gasteiger partial charge in [-0.05, 0) is 12.1 Å². The molecule has 2 aromatic heterocycles. The van der Waals surface area contributed by atoms with E-state index in [9.17, 15) is 8.42 Å². The first kappa shape index (κ1) is 12.7. The molecule has 6 nitrogen and oxygen atoms in total. The van der Waals surface area contributed by atoms with Crippen LogP contribution in [0.2, 0.25) is 0 Å². The van der Waals surface area contributed by atoms with Crippen LogP contribution < -0.4 is 5.73 Å². The minimum Gasteiger partial charge on any atom is -0.328 e. The predicted octanol–water partition coefficient (Wildman–Crippen LogP) is 0.230. The monoisotopic (exact) mass is 266 g/mol. The van der Waals surface area contributed by atoms with Gasteiger partial charge in [-0.3, -0.25) is 9.67 Å². The van der Waals surface area contributed by atoms with Gasteiger partial charge in [-0.15, -0.1) is 0 Å². The van der Waals surface area contributed by atoms with Crippen LogP contribution in [0.15, 0.2) is 41.7 Å². The minimum absolute atomic E-state index is 0.178. The summed E-state index contributed by atoms with van der Waals surface area (Å²) in [6.07, 6.45) is 5.61. The van der Waals surface area contributed by atoms with E-state index in [1.807, 2.05) is 18.2 Å². The highest BCUT2D eigenvalue weighted by Gasteiger charge is 2.17. The summed E-state index contributed by atoms with van der Waals surface area (Å²) in [7, 11) is -3.25. The highest BCUT2D eigenvalue weighted by atomic mass is 32.2.